The number of aromatic nitrogens is 1. The maximum Gasteiger partial charge on any atom is 0.416 e. The number of halogens is 4. The highest BCUT2D eigenvalue weighted by Gasteiger charge is 2.30. The molecule has 6 heteroatoms. The Balaban J connectivity index is 2.48. The summed E-state index contributed by atoms with van der Waals surface area (Å²) < 4.78 is 56.1. The summed E-state index contributed by atoms with van der Waals surface area (Å²) in [6.45, 7) is 0. The van der Waals surface area contributed by atoms with E-state index in [9.17, 15) is 17.6 Å². The van der Waals surface area contributed by atoms with Crippen LogP contribution in [0.2, 0.25) is 0 Å². The van der Waals surface area contributed by atoms with Crippen LogP contribution in [0.15, 0.2) is 36.4 Å². The van der Waals surface area contributed by atoms with Crippen LogP contribution in [0.4, 0.5) is 17.6 Å². The molecule has 0 amide bonds. The predicted octanol–water partition coefficient (Wildman–Crippen LogP) is 3.92. The molecular formula is C13H9F4NO. The van der Waals surface area contributed by atoms with E-state index in [1.165, 1.54) is 31.4 Å². The van der Waals surface area contributed by atoms with Crippen LogP contribution in [0.3, 0.4) is 0 Å². The molecule has 19 heavy (non-hydrogen) atoms. The standard InChI is InChI=1S/C13H9F4NO/c1-19-11-6-5-10(12(14)18-11)8-3-2-4-9(7-8)13(15,16)17/h2-7H,1H3. The van der Waals surface area contributed by atoms with E-state index in [4.69, 9.17) is 4.74 Å². The highest BCUT2D eigenvalue weighted by atomic mass is 19.4. The van der Waals surface area contributed by atoms with Crippen molar-refractivity contribution in [1.82, 2.24) is 4.98 Å². The lowest BCUT2D eigenvalue weighted by Crippen LogP contribution is -2.04. The molecule has 0 radical (unpaired) electrons. The Kier molecular flexibility index (Phi) is 3.42. The molecule has 0 fully saturated rings. The Morgan fingerprint density at radius 1 is 1.11 bits per heavy atom. The number of rotatable bonds is 2. The first-order chi connectivity index (χ1) is 8.91. The number of ether oxygens (including phenoxy) is 1. The van der Waals surface area contributed by atoms with E-state index < -0.39 is 17.7 Å². The van der Waals surface area contributed by atoms with Crippen LogP contribution >= 0.6 is 0 Å². The molecule has 1 heterocycles. The molecular weight excluding hydrogens is 262 g/mol. The SMILES string of the molecule is COc1ccc(-c2cccc(C(F)(F)F)c2)c(F)n1. The van der Waals surface area contributed by atoms with Gasteiger partial charge in [-0.15, -0.1) is 0 Å². The van der Waals surface area contributed by atoms with E-state index in [-0.39, 0.29) is 17.0 Å². The molecule has 2 aromatic rings. The molecule has 0 N–H and O–H groups in total. The van der Waals surface area contributed by atoms with E-state index >= 15 is 0 Å². The first kappa shape index (κ1) is 13.3. The molecule has 2 nitrogen and oxygen atoms in total. The van der Waals surface area contributed by atoms with Crippen molar-refractivity contribution < 1.29 is 22.3 Å². The van der Waals surface area contributed by atoms with Crippen LogP contribution in [-0.2, 0) is 6.18 Å². The molecule has 0 aliphatic carbocycles. The number of hydrogen-bond acceptors (Lipinski definition) is 2. The summed E-state index contributed by atoms with van der Waals surface area (Å²) >= 11 is 0. The van der Waals surface area contributed by atoms with Crippen molar-refractivity contribution in [3.8, 4) is 17.0 Å². The van der Waals surface area contributed by atoms with Crippen LogP contribution in [0.5, 0.6) is 5.88 Å². The highest BCUT2D eigenvalue weighted by Crippen LogP contribution is 2.32. The van der Waals surface area contributed by atoms with Gasteiger partial charge < -0.3 is 4.74 Å². The van der Waals surface area contributed by atoms with Gasteiger partial charge in [0.25, 0.3) is 0 Å². The van der Waals surface area contributed by atoms with Gasteiger partial charge in [0.2, 0.25) is 11.8 Å². The van der Waals surface area contributed by atoms with Crippen molar-refractivity contribution >= 4 is 0 Å². The van der Waals surface area contributed by atoms with Crippen LogP contribution in [0.25, 0.3) is 11.1 Å². The fourth-order valence-corrected chi connectivity index (χ4v) is 1.61. The van der Waals surface area contributed by atoms with Gasteiger partial charge in [0.1, 0.15) is 0 Å². The van der Waals surface area contributed by atoms with Gasteiger partial charge in [0, 0.05) is 11.6 Å². The fraction of sp³-hybridized carbons (Fsp3) is 0.154. The maximum atomic E-state index is 13.7. The summed E-state index contributed by atoms with van der Waals surface area (Å²) in [7, 11) is 1.33. The third kappa shape index (κ3) is 2.83. The Labute approximate surface area is 106 Å². The minimum atomic E-state index is -4.47. The van der Waals surface area contributed by atoms with Crippen LogP contribution in [-0.4, -0.2) is 12.1 Å². The third-order valence-corrected chi connectivity index (χ3v) is 2.53. The average molecular weight is 271 g/mol. The van der Waals surface area contributed by atoms with E-state index in [0.717, 1.165) is 12.1 Å². The van der Waals surface area contributed by atoms with Crippen LogP contribution in [0.1, 0.15) is 5.56 Å². The average Bonchev–Trinajstić information content (AvgIpc) is 2.37. The lowest BCUT2D eigenvalue weighted by atomic mass is 10.0. The lowest BCUT2D eigenvalue weighted by molar-refractivity contribution is -0.137. The summed E-state index contributed by atoms with van der Waals surface area (Å²) in [5.74, 6) is -0.813. The highest BCUT2D eigenvalue weighted by molar-refractivity contribution is 5.64. The first-order valence-corrected chi connectivity index (χ1v) is 5.30. The second kappa shape index (κ2) is 4.87. The number of methoxy groups -OCH3 is 1. The van der Waals surface area contributed by atoms with Crippen LogP contribution in [0, 0.1) is 5.95 Å². The molecule has 1 aromatic heterocycles. The molecule has 0 saturated heterocycles. The normalized spacial score (nSPS) is 11.4. The molecule has 0 spiro atoms. The zero-order valence-electron chi connectivity index (χ0n) is 9.83. The van der Waals surface area contributed by atoms with Crippen molar-refractivity contribution in [2.24, 2.45) is 0 Å². The summed E-state index contributed by atoms with van der Waals surface area (Å²) in [6.07, 6.45) is -4.47. The summed E-state index contributed by atoms with van der Waals surface area (Å²) in [4.78, 5) is 3.49. The number of hydrogen-bond donors (Lipinski definition) is 0. The largest absolute Gasteiger partial charge is 0.481 e. The van der Waals surface area contributed by atoms with Gasteiger partial charge in [-0.3, -0.25) is 0 Å². The van der Waals surface area contributed by atoms with Gasteiger partial charge in [-0.1, -0.05) is 12.1 Å². The minimum Gasteiger partial charge on any atom is -0.481 e. The monoisotopic (exact) mass is 271 g/mol. The number of nitrogens with zero attached hydrogens (tertiary/aromatic N) is 1. The van der Waals surface area contributed by atoms with Gasteiger partial charge in [-0.05, 0) is 23.8 Å². The molecule has 0 atom stereocenters. The first-order valence-electron chi connectivity index (χ1n) is 5.30. The summed E-state index contributed by atoms with van der Waals surface area (Å²) in [6, 6.07) is 7.14. The molecule has 0 aliphatic rings. The van der Waals surface area contributed by atoms with Gasteiger partial charge in [-0.25, -0.2) is 0 Å². The molecule has 1 aromatic carbocycles. The zero-order chi connectivity index (χ0) is 14.0. The second-order valence-electron chi connectivity index (χ2n) is 3.77. The van der Waals surface area contributed by atoms with E-state index in [1.54, 1.807) is 0 Å². The zero-order valence-corrected chi connectivity index (χ0v) is 9.83. The summed E-state index contributed by atoms with van der Waals surface area (Å²) in [5.41, 5.74) is -0.727. The Morgan fingerprint density at radius 2 is 1.84 bits per heavy atom. The molecule has 0 aliphatic heterocycles. The van der Waals surface area contributed by atoms with Gasteiger partial charge in [-0.2, -0.15) is 22.5 Å². The predicted molar refractivity (Wildman–Crippen MR) is 61.2 cm³/mol. The number of benzene rings is 1. The second-order valence-corrected chi connectivity index (χ2v) is 3.77. The molecule has 0 saturated carbocycles. The fourth-order valence-electron chi connectivity index (χ4n) is 1.61. The van der Waals surface area contributed by atoms with Crippen molar-refractivity contribution in [2.75, 3.05) is 7.11 Å². The van der Waals surface area contributed by atoms with Crippen molar-refractivity contribution in [2.45, 2.75) is 6.18 Å². The quantitative estimate of drug-likeness (QED) is 0.610. The topological polar surface area (TPSA) is 22.1 Å². The minimum absolute atomic E-state index is 0.00750. The van der Waals surface area contributed by atoms with Crippen LogP contribution < -0.4 is 4.74 Å². The number of alkyl halides is 3. The van der Waals surface area contributed by atoms with Gasteiger partial charge in [0.15, 0.2) is 0 Å². The summed E-state index contributed by atoms with van der Waals surface area (Å²) in [5, 5.41) is 0. The maximum absolute atomic E-state index is 13.7. The Morgan fingerprint density at radius 3 is 2.42 bits per heavy atom. The molecule has 2 rings (SSSR count). The molecule has 0 bridgehead atoms. The van der Waals surface area contributed by atoms with Crippen molar-refractivity contribution in [3.63, 3.8) is 0 Å². The molecule has 0 unspecified atom stereocenters. The Bertz CT molecular complexity index is 595. The third-order valence-electron chi connectivity index (χ3n) is 2.53. The van der Waals surface area contributed by atoms with E-state index in [0.29, 0.717) is 0 Å². The van der Waals surface area contributed by atoms with E-state index in [2.05, 4.69) is 4.98 Å². The lowest BCUT2D eigenvalue weighted by Gasteiger charge is -2.09. The Hall–Kier alpha value is -2.11. The van der Waals surface area contributed by atoms with Crippen molar-refractivity contribution in [3.05, 3.63) is 47.9 Å². The van der Waals surface area contributed by atoms with E-state index in [1.807, 2.05) is 0 Å². The van der Waals surface area contributed by atoms with Gasteiger partial charge in [0.05, 0.1) is 12.7 Å². The van der Waals surface area contributed by atoms with Crippen molar-refractivity contribution in [1.29, 1.82) is 0 Å². The number of pyridine rings is 1. The van der Waals surface area contributed by atoms with Gasteiger partial charge >= 0.3 is 6.18 Å². The smallest absolute Gasteiger partial charge is 0.416 e. The molecule has 100 valence electrons.